The van der Waals surface area contributed by atoms with E-state index in [4.69, 9.17) is 0 Å². The van der Waals surface area contributed by atoms with E-state index in [2.05, 4.69) is 16.9 Å². The lowest BCUT2D eigenvalue weighted by molar-refractivity contribution is 0.913. The van der Waals surface area contributed by atoms with Gasteiger partial charge in [0.05, 0.1) is 23.9 Å². The van der Waals surface area contributed by atoms with E-state index in [1.165, 1.54) is 5.56 Å². The minimum absolute atomic E-state index is 0.873. The lowest BCUT2D eigenvalue weighted by atomic mass is 10.2. The van der Waals surface area contributed by atoms with Gasteiger partial charge < -0.3 is 4.57 Å². The Morgan fingerprint density at radius 1 is 1.27 bits per heavy atom. The van der Waals surface area contributed by atoms with E-state index in [0.29, 0.717) is 0 Å². The van der Waals surface area contributed by atoms with Crippen LogP contribution in [0.1, 0.15) is 11.3 Å². The maximum Gasteiger partial charge on any atom is 0.0992 e. The molecule has 2 aromatic rings. The lowest BCUT2D eigenvalue weighted by Gasteiger charge is -1.93. The summed E-state index contributed by atoms with van der Waals surface area (Å²) in [5.74, 6) is 0. The Morgan fingerprint density at radius 2 is 2.00 bits per heavy atom. The first-order valence-corrected chi connectivity index (χ1v) is 4.83. The molecule has 0 saturated heterocycles. The highest BCUT2D eigenvalue weighted by Crippen LogP contribution is 2.11. The van der Waals surface area contributed by atoms with Gasteiger partial charge in [-0.25, -0.2) is 4.98 Å². The molecule has 0 fully saturated rings. The molecule has 0 aliphatic carbocycles. The molecule has 2 rings (SSSR count). The van der Waals surface area contributed by atoms with E-state index in [-0.39, 0.29) is 0 Å². The minimum Gasteiger partial charge on any atom is -0.340 e. The third-order valence-electron chi connectivity index (χ3n) is 2.10. The summed E-state index contributed by atoms with van der Waals surface area (Å²) >= 11 is 0. The summed E-state index contributed by atoms with van der Waals surface area (Å²) in [5.41, 5.74) is 3.07. The maximum atomic E-state index is 4.33. The molecule has 0 aliphatic heterocycles. The van der Waals surface area contributed by atoms with Crippen molar-refractivity contribution < 1.29 is 0 Å². The third kappa shape index (κ3) is 2.53. The number of hydrogen-bond donors (Lipinski definition) is 0. The number of nitrogens with zero attached hydrogens (tertiary/aromatic N) is 3. The topological polar surface area (TPSA) is 30.2 Å². The van der Waals surface area contributed by atoms with Crippen molar-refractivity contribution >= 4 is 11.9 Å². The van der Waals surface area contributed by atoms with Crippen LogP contribution in [-0.4, -0.2) is 15.8 Å². The number of rotatable bonds is 2. The molecule has 1 heterocycles. The fourth-order valence-corrected chi connectivity index (χ4v) is 1.27. The molecule has 0 unspecified atom stereocenters. The Hall–Kier alpha value is -1.90. The number of aromatic nitrogens is 2. The Bertz CT molecular complexity index is 466. The summed E-state index contributed by atoms with van der Waals surface area (Å²) < 4.78 is 1.90. The van der Waals surface area contributed by atoms with Crippen LogP contribution < -0.4 is 0 Å². The molecular formula is C12H13N3. The van der Waals surface area contributed by atoms with Gasteiger partial charge in [0.15, 0.2) is 0 Å². The summed E-state index contributed by atoms with van der Waals surface area (Å²) in [6.45, 7) is 2.06. The van der Waals surface area contributed by atoms with Crippen LogP contribution in [0.25, 0.3) is 0 Å². The molecule has 0 amide bonds. The highest BCUT2D eigenvalue weighted by atomic mass is 15.0. The zero-order chi connectivity index (χ0) is 10.7. The van der Waals surface area contributed by atoms with Crippen molar-refractivity contribution in [3.63, 3.8) is 0 Å². The molecule has 0 N–H and O–H groups in total. The summed E-state index contributed by atoms with van der Waals surface area (Å²) in [6, 6.07) is 8.08. The van der Waals surface area contributed by atoms with Gasteiger partial charge in [0.25, 0.3) is 0 Å². The lowest BCUT2D eigenvalue weighted by Crippen LogP contribution is -1.80. The molecule has 1 aromatic heterocycles. The van der Waals surface area contributed by atoms with Crippen molar-refractivity contribution in [1.82, 2.24) is 9.55 Å². The fourth-order valence-electron chi connectivity index (χ4n) is 1.27. The van der Waals surface area contributed by atoms with Crippen molar-refractivity contribution in [3.05, 3.63) is 48.0 Å². The number of imidazole rings is 1. The van der Waals surface area contributed by atoms with Crippen LogP contribution >= 0.6 is 0 Å². The average Bonchev–Trinajstić information content (AvgIpc) is 2.64. The average molecular weight is 199 g/mol. The number of hydrogen-bond acceptors (Lipinski definition) is 2. The molecule has 15 heavy (non-hydrogen) atoms. The van der Waals surface area contributed by atoms with Crippen LogP contribution in [0.2, 0.25) is 0 Å². The maximum absolute atomic E-state index is 4.33. The van der Waals surface area contributed by atoms with E-state index < -0.39 is 0 Å². The summed E-state index contributed by atoms with van der Waals surface area (Å²) in [5, 5.41) is 0. The molecule has 0 saturated carbocycles. The zero-order valence-electron chi connectivity index (χ0n) is 8.88. The Balaban J connectivity index is 2.14. The number of aliphatic imine (C=N–C) groups is 1. The highest BCUT2D eigenvalue weighted by molar-refractivity contribution is 5.79. The number of benzene rings is 1. The van der Waals surface area contributed by atoms with Gasteiger partial charge >= 0.3 is 0 Å². The molecule has 3 heteroatoms. The van der Waals surface area contributed by atoms with Gasteiger partial charge in [-0.05, 0) is 19.1 Å². The molecule has 0 spiro atoms. The fraction of sp³-hybridized carbons (Fsp3) is 0.167. The second kappa shape index (κ2) is 4.09. The first kappa shape index (κ1) is 9.65. The standard InChI is InChI=1S/C12H13N3/c1-10-3-5-11(6-4-10)13-7-12-8-15(2)9-14-12/h3-9H,1-2H3. The molecule has 0 aliphatic rings. The van der Waals surface area contributed by atoms with Crippen molar-refractivity contribution in [2.45, 2.75) is 6.92 Å². The van der Waals surface area contributed by atoms with Crippen LogP contribution in [0.3, 0.4) is 0 Å². The second-order valence-electron chi connectivity index (χ2n) is 3.56. The second-order valence-corrected chi connectivity index (χ2v) is 3.56. The Morgan fingerprint density at radius 3 is 2.60 bits per heavy atom. The largest absolute Gasteiger partial charge is 0.340 e. The van der Waals surface area contributed by atoms with E-state index in [1.54, 1.807) is 12.5 Å². The van der Waals surface area contributed by atoms with Crippen LogP contribution in [0.4, 0.5) is 5.69 Å². The van der Waals surface area contributed by atoms with Crippen LogP contribution in [0, 0.1) is 6.92 Å². The molecule has 0 atom stereocenters. The van der Waals surface area contributed by atoms with Gasteiger partial charge in [-0.3, -0.25) is 4.99 Å². The van der Waals surface area contributed by atoms with E-state index in [0.717, 1.165) is 11.4 Å². The molecule has 0 radical (unpaired) electrons. The molecule has 0 bridgehead atoms. The normalized spacial score (nSPS) is 11.1. The summed E-state index contributed by atoms with van der Waals surface area (Å²) in [4.78, 5) is 8.49. The summed E-state index contributed by atoms with van der Waals surface area (Å²) in [7, 11) is 1.94. The monoisotopic (exact) mass is 199 g/mol. The van der Waals surface area contributed by atoms with Crippen LogP contribution in [-0.2, 0) is 7.05 Å². The summed E-state index contributed by atoms with van der Waals surface area (Å²) in [6.07, 6.45) is 5.46. The van der Waals surface area contributed by atoms with E-state index in [9.17, 15) is 0 Å². The third-order valence-corrected chi connectivity index (χ3v) is 2.10. The van der Waals surface area contributed by atoms with E-state index >= 15 is 0 Å². The first-order chi connectivity index (χ1) is 7.24. The van der Waals surface area contributed by atoms with Crippen molar-refractivity contribution in [3.8, 4) is 0 Å². The van der Waals surface area contributed by atoms with Gasteiger partial charge in [-0.1, -0.05) is 17.7 Å². The quantitative estimate of drug-likeness (QED) is 0.683. The molecule has 76 valence electrons. The highest BCUT2D eigenvalue weighted by Gasteiger charge is 1.91. The van der Waals surface area contributed by atoms with Gasteiger partial charge in [-0.15, -0.1) is 0 Å². The van der Waals surface area contributed by atoms with Crippen LogP contribution in [0.15, 0.2) is 41.8 Å². The molecular weight excluding hydrogens is 186 g/mol. The smallest absolute Gasteiger partial charge is 0.0992 e. The van der Waals surface area contributed by atoms with Gasteiger partial charge in [0.1, 0.15) is 0 Å². The van der Waals surface area contributed by atoms with E-state index in [1.807, 2.05) is 42.1 Å². The van der Waals surface area contributed by atoms with Crippen molar-refractivity contribution in [1.29, 1.82) is 0 Å². The molecule has 1 aromatic carbocycles. The first-order valence-electron chi connectivity index (χ1n) is 4.83. The van der Waals surface area contributed by atoms with Crippen LogP contribution in [0.5, 0.6) is 0 Å². The molecule has 3 nitrogen and oxygen atoms in total. The SMILES string of the molecule is Cc1ccc(N=Cc2cn(C)cn2)cc1. The minimum atomic E-state index is 0.873. The number of aryl methyl sites for hydroxylation is 2. The Labute approximate surface area is 89.1 Å². The van der Waals surface area contributed by atoms with Crippen molar-refractivity contribution in [2.24, 2.45) is 12.0 Å². The van der Waals surface area contributed by atoms with Gasteiger partial charge in [0.2, 0.25) is 0 Å². The van der Waals surface area contributed by atoms with Crippen molar-refractivity contribution in [2.75, 3.05) is 0 Å². The zero-order valence-corrected chi connectivity index (χ0v) is 8.88. The predicted molar refractivity (Wildman–Crippen MR) is 61.6 cm³/mol. The van der Waals surface area contributed by atoms with Gasteiger partial charge in [-0.2, -0.15) is 0 Å². The predicted octanol–water partition coefficient (Wildman–Crippen LogP) is 2.48. The van der Waals surface area contributed by atoms with Gasteiger partial charge in [0, 0.05) is 13.2 Å². The Kier molecular flexibility index (Phi) is 2.63.